The molecule has 29 heavy (non-hydrogen) atoms. The van der Waals surface area contributed by atoms with E-state index in [0.717, 1.165) is 12.8 Å². The highest BCUT2D eigenvalue weighted by molar-refractivity contribution is 6.05. The molecular formula is C23H26FNO4. The van der Waals surface area contributed by atoms with Gasteiger partial charge in [-0.05, 0) is 52.2 Å². The fourth-order valence-electron chi connectivity index (χ4n) is 4.47. The second kappa shape index (κ2) is 7.93. The number of ketones is 2. The highest BCUT2D eigenvalue weighted by Crippen LogP contribution is 2.43. The number of hydrogen-bond donors (Lipinski definition) is 1. The number of aromatic amines is 1. The molecule has 1 saturated carbocycles. The highest BCUT2D eigenvalue weighted by atomic mass is 19.1. The summed E-state index contributed by atoms with van der Waals surface area (Å²) < 4.78 is 20.0. The van der Waals surface area contributed by atoms with Gasteiger partial charge in [-0.15, -0.1) is 0 Å². The van der Waals surface area contributed by atoms with Gasteiger partial charge >= 0.3 is 5.97 Å². The third-order valence-corrected chi connectivity index (χ3v) is 5.93. The lowest BCUT2D eigenvalue weighted by Gasteiger charge is -2.29. The van der Waals surface area contributed by atoms with E-state index in [1.165, 1.54) is 19.9 Å². The van der Waals surface area contributed by atoms with Gasteiger partial charge in [0.2, 0.25) is 5.78 Å². The van der Waals surface area contributed by atoms with Crippen LogP contribution in [0.5, 0.6) is 0 Å². The minimum absolute atomic E-state index is 0.135. The van der Waals surface area contributed by atoms with Crippen LogP contribution in [0.3, 0.4) is 0 Å². The van der Waals surface area contributed by atoms with Gasteiger partial charge in [0, 0.05) is 16.8 Å². The van der Waals surface area contributed by atoms with Crippen molar-refractivity contribution in [2.24, 2.45) is 0 Å². The fraction of sp³-hybridized carbons (Fsp3) is 0.435. The Bertz CT molecular complexity index is 969. The van der Waals surface area contributed by atoms with Crippen LogP contribution >= 0.6 is 0 Å². The SMILES string of the molecule is CC(=O)c1c(C)[nH]c(C(=O)[C@@H](C)OC(=O)C2(c3ccccc3F)CCCC2)c1C. The second-order valence-corrected chi connectivity index (χ2v) is 7.86. The predicted molar refractivity (Wildman–Crippen MR) is 107 cm³/mol. The zero-order valence-corrected chi connectivity index (χ0v) is 17.2. The number of Topliss-reactive ketones (excluding diaryl/α,β-unsaturated/α-hetero) is 2. The van der Waals surface area contributed by atoms with E-state index in [1.54, 1.807) is 32.0 Å². The van der Waals surface area contributed by atoms with Crippen molar-refractivity contribution in [3.63, 3.8) is 0 Å². The summed E-state index contributed by atoms with van der Waals surface area (Å²) in [5.74, 6) is -1.56. The van der Waals surface area contributed by atoms with Crippen LogP contribution in [0.1, 0.15) is 77.2 Å². The number of benzene rings is 1. The quantitative estimate of drug-likeness (QED) is 0.569. The Morgan fingerprint density at radius 3 is 2.31 bits per heavy atom. The first-order valence-electron chi connectivity index (χ1n) is 9.89. The summed E-state index contributed by atoms with van der Waals surface area (Å²) in [6.45, 7) is 6.37. The van der Waals surface area contributed by atoms with Gasteiger partial charge in [-0.1, -0.05) is 31.0 Å². The number of carbonyl (C=O) groups is 3. The Morgan fingerprint density at radius 2 is 1.76 bits per heavy atom. The van der Waals surface area contributed by atoms with E-state index in [0.29, 0.717) is 35.2 Å². The zero-order valence-electron chi connectivity index (χ0n) is 17.2. The maximum Gasteiger partial charge on any atom is 0.317 e. The first-order chi connectivity index (χ1) is 13.7. The molecule has 0 bridgehead atoms. The van der Waals surface area contributed by atoms with Gasteiger partial charge in [0.15, 0.2) is 11.9 Å². The Morgan fingerprint density at radius 1 is 1.14 bits per heavy atom. The molecule has 0 spiro atoms. The van der Waals surface area contributed by atoms with Gasteiger partial charge in [-0.25, -0.2) is 4.39 Å². The van der Waals surface area contributed by atoms with Gasteiger partial charge in [0.25, 0.3) is 0 Å². The number of H-pyrrole nitrogens is 1. The molecule has 1 aliphatic rings. The molecule has 1 fully saturated rings. The van der Waals surface area contributed by atoms with Gasteiger partial charge in [0.05, 0.1) is 11.1 Å². The minimum atomic E-state index is -1.06. The van der Waals surface area contributed by atoms with Crippen LogP contribution in [-0.4, -0.2) is 28.6 Å². The molecule has 1 atom stereocenters. The van der Waals surface area contributed by atoms with Gasteiger partial charge in [-0.2, -0.15) is 0 Å². The molecule has 1 aromatic heterocycles. The third kappa shape index (κ3) is 3.63. The summed E-state index contributed by atoms with van der Waals surface area (Å²) in [7, 11) is 0. The number of nitrogens with one attached hydrogen (secondary N) is 1. The first-order valence-corrected chi connectivity index (χ1v) is 9.89. The van der Waals surface area contributed by atoms with Gasteiger partial charge in [0.1, 0.15) is 5.82 Å². The number of esters is 1. The van der Waals surface area contributed by atoms with Crippen LogP contribution in [0.25, 0.3) is 0 Å². The third-order valence-electron chi connectivity index (χ3n) is 5.93. The maximum atomic E-state index is 14.5. The summed E-state index contributed by atoms with van der Waals surface area (Å²) in [6.07, 6.45) is 1.51. The maximum absolute atomic E-state index is 14.5. The monoisotopic (exact) mass is 399 g/mol. The fourth-order valence-corrected chi connectivity index (χ4v) is 4.47. The topological polar surface area (TPSA) is 76.2 Å². The highest BCUT2D eigenvalue weighted by Gasteiger charge is 2.46. The summed E-state index contributed by atoms with van der Waals surface area (Å²) >= 11 is 0. The second-order valence-electron chi connectivity index (χ2n) is 7.86. The lowest BCUT2D eigenvalue weighted by Crippen LogP contribution is -2.39. The molecule has 0 amide bonds. The van der Waals surface area contributed by atoms with Crippen molar-refractivity contribution < 1.29 is 23.5 Å². The standard InChI is InChI=1S/C23H26FNO4/c1-13-19(15(3)26)14(2)25-20(13)21(27)16(4)29-22(28)23(11-7-8-12-23)17-9-5-6-10-18(17)24/h5-6,9-10,16,25H,7-8,11-12H2,1-4H3/t16-/m1/s1. The molecule has 3 rings (SSSR count). The van der Waals surface area contributed by atoms with Gasteiger partial charge < -0.3 is 9.72 Å². The van der Waals surface area contributed by atoms with E-state index < -0.39 is 29.1 Å². The smallest absolute Gasteiger partial charge is 0.317 e. The van der Waals surface area contributed by atoms with Crippen molar-refractivity contribution in [3.8, 4) is 0 Å². The molecule has 6 heteroatoms. The predicted octanol–water partition coefficient (Wildman–Crippen LogP) is 4.60. The van der Waals surface area contributed by atoms with Gasteiger partial charge in [-0.3, -0.25) is 14.4 Å². The van der Waals surface area contributed by atoms with E-state index >= 15 is 0 Å². The average molecular weight is 399 g/mol. The Hall–Kier alpha value is -2.76. The number of ether oxygens (including phenoxy) is 1. The molecule has 1 heterocycles. The van der Waals surface area contributed by atoms with Crippen molar-refractivity contribution in [2.75, 3.05) is 0 Å². The van der Waals surface area contributed by atoms with Crippen LogP contribution < -0.4 is 0 Å². The minimum Gasteiger partial charge on any atom is -0.454 e. The van der Waals surface area contributed by atoms with Crippen LogP contribution in [0.15, 0.2) is 24.3 Å². The summed E-state index contributed by atoms with van der Waals surface area (Å²) in [5.41, 5.74) is 1.16. The molecule has 1 aliphatic carbocycles. The van der Waals surface area contributed by atoms with Crippen LogP contribution in [0.2, 0.25) is 0 Å². The molecule has 0 unspecified atom stereocenters. The number of carbonyl (C=O) groups excluding carboxylic acids is 3. The van der Waals surface area contributed by atoms with E-state index in [4.69, 9.17) is 4.74 Å². The number of aromatic nitrogens is 1. The van der Waals surface area contributed by atoms with E-state index in [2.05, 4.69) is 4.98 Å². The van der Waals surface area contributed by atoms with E-state index in [-0.39, 0.29) is 11.5 Å². The van der Waals surface area contributed by atoms with Crippen molar-refractivity contribution >= 4 is 17.5 Å². The number of hydrogen-bond acceptors (Lipinski definition) is 4. The van der Waals surface area contributed by atoms with Crippen molar-refractivity contribution in [1.29, 1.82) is 0 Å². The lowest BCUT2D eigenvalue weighted by atomic mass is 9.78. The summed E-state index contributed by atoms with van der Waals surface area (Å²) in [6, 6.07) is 6.24. The number of halogens is 1. The van der Waals surface area contributed by atoms with Crippen LogP contribution in [0.4, 0.5) is 4.39 Å². The molecule has 2 aromatic rings. The Kier molecular flexibility index (Phi) is 5.73. The van der Waals surface area contributed by atoms with Crippen molar-refractivity contribution in [2.45, 2.75) is 64.9 Å². The Labute approximate surface area is 169 Å². The average Bonchev–Trinajstić information content (AvgIpc) is 3.26. The summed E-state index contributed by atoms with van der Waals surface area (Å²) in [4.78, 5) is 40.8. The van der Waals surface area contributed by atoms with E-state index in [1.807, 2.05) is 0 Å². The zero-order chi connectivity index (χ0) is 21.3. The van der Waals surface area contributed by atoms with E-state index in [9.17, 15) is 18.8 Å². The molecular weight excluding hydrogens is 373 g/mol. The molecule has 0 saturated heterocycles. The van der Waals surface area contributed by atoms with Crippen molar-refractivity contribution in [1.82, 2.24) is 4.98 Å². The van der Waals surface area contributed by atoms with Crippen molar-refractivity contribution in [3.05, 3.63) is 58.2 Å². The lowest BCUT2D eigenvalue weighted by molar-refractivity contribution is -0.153. The molecule has 1 N–H and O–H groups in total. The molecule has 5 nitrogen and oxygen atoms in total. The molecule has 0 radical (unpaired) electrons. The molecule has 0 aliphatic heterocycles. The molecule has 1 aromatic carbocycles. The summed E-state index contributed by atoms with van der Waals surface area (Å²) in [5, 5.41) is 0. The number of aryl methyl sites for hydroxylation is 1. The first kappa shape index (κ1) is 21.0. The molecule has 154 valence electrons. The number of rotatable bonds is 6. The normalized spacial score (nSPS) is 16.4. The largest absolute Gasteiger partial charge is 0.454 e. The van der Waals surface area contributed by atoms with Crippen LogP contribution in [-0.2, 0) is 14.9 Å². The Balaban J connectivity index is 1.86. The van der Waals surface area contributed by atoms with Crippen LogP contribution in [0, 0.1) is 19.7 Å².